The SMILES string of the molecule is COC(=O)c1nc(Cl)cnc1N1CC(CN=[N+]=[N-])CC1=O. The van der Waals surface area contributed by atoms with Gasteiger partial charge in [-0.25, -0.2) is 14.8 Å². The van der Waals surface area contributed by atoms with Crippen LogP contribution >= 0.6 is 11.6 Å². The van der Waals surface area contributed by atoms with Gasteiger partial charge in [0.1, 0.15) is 5.15 Å². The number of halogens is 1. The molecule has 0 aliphatic carbocycles. The first-order valence-electron chi connectivity index (χ1n) is 5.99. The van der Waals surface area contributed by atoms with Crippen LogP contribution in [-0.4, -0.2) is 42.0 Å². The largest absolute Gasteiger partial charge is 0.464 e. The highest BCUT2D eigenvalue weighted by atomic mass is 35.5. The van der Waals surface area contributed by atoms with Crippen LogP contribution in [-0.2, 0) is 9.53 Å². The predicted molar refractivity (Wildman–Crippen MR) is 72.9 cm³/mol. The minimum Gasteiger partial charge on any atom is -0.464 e. The Morgan fingerprint density at radius 3 is 3.14 bits per heavy atom. The van der Waals surface area contributed by atoms with Gasteiger partial charge in [-0.2, -0.15) is 0 Å². The molecule has 1 atom stereocenters. The number of hydrogen-bond acceptors (Lipinski definition) is 6. The van der Waals surface area contributed by atoms with E-state index in [9.17, 15) is 9.59 Å². The normalized spacial score (nSPS) is 17.5. The van der Waals surface area contributed by atoms with Crippen LogP contribution in [0.4, 0.5) is 5.82 Å². The fourth-order valence-electron chi connectivity index (χ4n) is 2.05. The number of ether oxygens (including phenoxy) is 1. The Morgan fingerprint density at radius 2 is 2.48 bits per heavy atom. The molecule has 0 spiro atoms. The van der Waals surface area contributed by atoms with E-state index < -0.39 is 5.97 Å². The number of methoxy groups -OCH3 is 1. The number of carbonyl (C=O) groups excluding carboxylic acids is 2. The van der Waals surface area contributed by atoms with Gasteiger partial charge in [-0.05, 0) is 11.4 Å². The second-order valence-electron chi connectivity index (χ2n) is 4.34. The summed E-state index contributed by atoms with van der Waals surface area (Å²) in [6.45, 7) is 0.492. The first-order chi connectivity index (χ1) is 10.1. The highest BCUT2D eigenvalue weighted by molar-refractivity contribution is 6.29. The molecule has 1 unspecified atom stereocenters. The van der Waals surface area contributed by atoms with Crippen molar-refractivity contribution in [2.75, 3.05) is 25.1 Å². The van der Waals surface area contributed by atoms with Crippen LogP contribution < -0.4 is 4.90 Å². The highest BCUT2D eigenvalue weighted by Gasteiger charge is 2.34. The number of rotatable bonds is 4. The van der Waals surface area contributed by atoms with E-state index in [-0.39, 0.29) is 48.0 Å². The number of hydrogen-bond donors (Lipinski definition) is 0. The van der Waals surface area contributed by atoms with Gasteiger partial charge >= 0.3 is 5.97 Å². The molecule has 0 N–H and O–H groups in total. The molecule has 2 rings (SSSR count). The molecule has 1 aliphatic heterocycles. The third-order valence-corrected chi connectivity index (χ3v) is 3.15. The average Bonchev–Trinajstić information content (AvgIpc) is 2.85. The van der Waals surface area contributed by atoms with Crippen molar-refractivity contribution in [3.63, 3.8) is 0 Å². The van der Waals surface area contributed by atoms with Crippen molar-refractivity contribution in [2.45, 2.75) is 6.42 Å². The quantitative estimate of drug-likeness (QED) is 0.361. The number of nitrogens with zero attached hydrogens (tertiary/aromatic N) is 6. The number of aromatic nitrogens is 2. The van der Waals surface area contributed by atoms with E-state index in [1.165, 1.54) is 18.2 Å². The lowest BCUT2D eigenvalue weighted by atomic mass is 10.1. The van der Waals surface area contributed by atoms with Crippen LogP contribution in [0.25, 0.3) is 10.4 Å². The second-order valence-corrected chi connectivity index (χ2v) is 4.73. The molecule has 110 valence electrons. The summed E-state index contributed by atoms with van der Waals surface area (Å²) in [7, 11) is 1.20. The summed E-state index contributed by atoms with van der Waals surface area (Å²) in [6.07, 6.45) is 1.46. The lowest BCUT2D eigenvalue weighted by Gasteiger charge is -2.17. The van der Waals surface area contributed by atoms with Crippen molar-refractivity contribution in [1.29, 1.82) is 0 Å². The Labute approximate surface area is 124 Å². The maximum Gasteiger partial charge on any atom is 0.360 e. The lowest BCUT2D eigenvalue weighted by molar-refractivity contribution is -0.117. The van der Waals surface area contributed by atoms with Crippen molar-refractivity contribution < 1.29 is 14.3 Å². The monoisotopic (exact) mass is 310 g/mol. The Kier molecular flexibility index (Phi) is 4.56. The number of anilines is 1. The number of azide groups is 1. The molecule has 0 aromatic carbocycles. The van der Waals surface area contributed by atoms with Gasteiger partial charge < -0.3 is 4.74 Å². The molecule has 1 fully saturated rings. The molecule has 21 heavy (non-hydrogen) atoms. The summed E-state index contributed by atoms with van der Waals surface area (Å²) >= 11 is 5.72. The van der Waals surface area contributed by atoms with Gasteiger partial charge in [0.2, 0.25) is 5.91 Å². The molecular formula is C11H11ClN6O3. The van der Waals surface area contributed by atoms with Gasteiger partial charge in [0.05, 0.1) is 13.3 Å². The van der Waals surface area contributed by atoms with Gasteiger partial charge in [-0.15, -0.1) is 0 Å². The summed E-state index contributed by atoms with van der Waals surface area (Å²) in [5.74, 6) is -0.989. The standard InChI is InChI=1S/C11H11ClN6O3/c1-21-11(20)9-10(14-4-7(12)16-9)18-5-6(2-8(18)19)3-15-17-13/h4,6H,2-3,5H2,1H3. The van der Waals surface area contributed by atoms with Gasteiger partial charge in [0.15, 0.2) is 11.5 Å². The summed E-state index contributed by atoms with van der Waals surface area (Å²) < 4.78 is 4.61. The smallest absolute Gasteiger partial charge is 0.360 e. The topological polar surface area (TPSA) is 121 Å². The van der Waals surface area contributed by atoms with Crippen LogP contribution in [0.5, 0.6) is 0 Å². The molecule has 1 saturated heterocycles. The first kappa shape index (κ1) is 15.0. The van der Waals surface area contributed by atoms with E-state index in [4.69, 9.17) is 17.1 Å². The Balaban J connectivity index is 2.31. The van der Waals surface area contributed by atoms with Crippen molar-refractivity contribution in [3.8, 4) is 0 Å². The Bertz CT molecular complexity index is 630. The highest BCUT2D eigenvalue weighted by Crippen LogP contribution is 2.27. The number of esters is 1. The molecule has 1 aromatic heterocycles. The first-order valence-corrected chi connectivity index (χ1v) is 6.36. The minimum atomic E-state index is -0.730. The number of carbonyl (C=O) groups is 2. The molecule has 0 saturated carbocycles. The molecular weight excluding hydrogens is 300 g/mol. The minimum absolute atomic E-state index is 0.0245. The van der Waals surface area contributed by atoms with E-state index >= 15 is 0 Å². The van der Waals surface area contributed by atoms with E-state index in [0.717, 1.165) is 0 Å². The molecule has 10 heteroatoms. The fraction of sp³-hybridized carbons (Fsp3) is 0.455. The third kappa shape index (κ3) is 3.21. The zero-order valence-corrected chi connectivity index (χ0v) is 11.8. The zero-order valence-electron chi connectivity index (χ0n) is 11.1. The molecule has 0 bridgehead atoms. The maximum atomic E-state index is 12.0. The van der Waals surface area contributed by atoms with E-state index in [2.05, 4.69) is 24.7 Å². The number of amides is 1. The van der Waals surface area contributed by atoms with Crippen LogP contribution in [0.3, 0.4) is 0 Å². The zero-order chi connectivity index (χ0) is 15.4. The second kappa shape index (κ2) is 6.38. The van der Waals surface area contributed by atoms with Gasteiger partial charge in [-0.1, -0.05) is 16.7 Å². The molecule has 9 nitrogen and oxygen atoms in total. The Morgan fingerprint density at radius 1 is 1.71 bits per heavy atom. The van der Waals surface area contributed by atoms with Crippen molar-refractivity contribution in [1.82, 2.24) is 9.97 Å². The third-order valence-electron chi connectivity index (χ3n) is 2.97. The van der Waals surface area contributed by atoms with E-state index in [1.807, 2.05) is 0 Å². The predicted octanol–water partition coefficient (Wildman–Crippen LogP) is 1.58. The molecule has 1 aromatic rings. The summed E-state index contributed by atoms with van der Waals surface area (Å²) in [5, 5.41) is 3.48. The van der Waals surface area contributed by atoms with Crippen molar-refractivity contribution >= 4 is 29.3 Å². The summed E-state index contributed by atoms with van der Waals surface area (Å²) in [5.41, 5.74) is 8.19. The van der Waals surface area contributed by atoms with Gasteiger partial charge in [0, 0.05) is 24.4 Å². The molecule has 1 aliphatic rings. The van der Waals surface area contributed by atoms with Crippen LogP contribution in [0.1, 0.15) is 16.9 Å². The van der Waals surface area contributed by atoms with Crippen LogP contribution in [0, 0.1) is 5.92 Å². The molecule has 1 amide bonds. The van der Waals surface area contributed by atoms with Crippen LogP contribution in [0.15, 0.2) is 11.3 Å². The Hall–Kier alpha value is -2.38. The van der Waals surface area contributed by atoms with Crippen molar-refractivity contribution in [2.24, 2.45) is 11.0 Å². The van der Waals surface area contributed by atoms with Crippen LogP contribution in [0.2, 0.25) is 5.15 Å². The maximum absolute atomic E-state index is 12.0. The average molecular weight is 311 g/mol. The molecule has 2 heterocycles. The summed E-state index contributed by atoms with van der Waals surface area (Å²) in [6, 6.07) is 0. The van der Waals surface area contributed by atoms with Gasteiger partial charge in [-0.3, -0.25) is 9.69 Å². The van der Waals surface area contributed by atoms with E-state index in [1.54, 1.807) is 0 Å². The van der Waals surface area contributed by atoms with Gasteiger partial charge in [0.25, 0.3) is 0 Å². The lowest BCUT2D eigenvalue weighted by Crippen LogP contribution is -2.28. The fourth-order valence-corrected chi connectivity index (χ4v) is 2.19. The van der Waals surface area contributed by atoms with E-state index in [0.29, 0.717) is 0 Å². The van der Waals surface area contributed by atoms with Crippen molar-refractivity contribution in [3.05, 3.63) is 27.5 Å². The molecule has 0 radical (unpaired) electrons. The summed E-state index contributed by atoms with van der Waals surface area (Å²) in [4.78, 5) is 35.6.